The van der Waals surface area contributed by atoms with Crippen LogP contribution in [-0.4, -0.2) is 25.2 Å². The standard InChI is InChI=1S/C15H21NO3/c1-10-3-6-13(9-14(10)15(17)18-2)19-12-7-4-11(16)5-8-12/h3,6,9,11-12H,4-5,7-8,16H2,1-2H3. The van der Waals surface area contributed by atoms with Crippen molar-refractivity contribution in [1.29, 1.82) is 0 Å². The molecule has 1 aromatic carbocycles. The summed E-state index contributed by atoms with van der Waals surface area (Å²) >= 11 is 0. The molecule has 0 heterocycles. The summed E-state index contributed by atoms with van der Waals surface area (Å²) in [6.07, 6.45) is 4.15. The molecule has 0 unspecified atom stereocenters. The third-order valence-electron chi connectivity index (χ3n) is 3.64. The van der Waals surface area contributed by atoms with Gasteiger partial charge in [0.05, 0.1) is 18.8 Å². The highest BCUT2D eigenvalue weighted by Crippen LogP contribution is 2.25. The van der Waals surface area contributed by atoms with Crippen LogP contribution in [0.2, 0.25) is 0 Å². The van der Waals surface area contributed by atoms with Crippen LogP contribution in [0.1, 0.15) is 41.6 Å². The zero-order valence-electron chi connectivity index (χ0n) is 11.5. The minimum Gasteiger partial charge on any atom is -0.490 e. The smallest absolute Gasteiger partial charge is 0.338 e. The molecule has 1 saturated carbocycles. The molecule has 4 nitrogen and oxygen atoms in total. The van der Waals surface area contributed by atoms with Gasteiger partial charge in [0.1, 0.15) is 5.75 Å². The van der Waals surface area contributed by atoms with E-state index in [1.165, 1.54) is 7.11 Å². The van der Waals surface area contributed by atoms with Crippen LogP contribution in [0.3, 0.4) is 0 Å². The minimum absolute atomic E-state index is 0.202. The molecular formula is C15H21NO3. The Morgan fingerprint density at radius 2 is 1.95 bits per heavy atom. The van der Waals surface area contributed by atoms with Crippen molar-refractivity contribution in [1.82, 2.24) is 0 Å². The highest BCUT2D eigenvalue weighted by molar-refractivity contribution is 5.91. The molecule has 0 aliphatic heterocycles. The lowest BCUT2D eigenvalue weighted by Gasteiger charge is -2.27. The van der Waals surface area contributed by atoms with Crippen molar-refractivity contribution in [2.75, 3.05) is 7.11 Å². The molecule has 0 bridgehead atoms. The quantitative estimate of drug-likeness (QED) is 0.851. The number of carbonyl (C=O) groups excluding carboxylic acids is 1. The lowest BCUT2D eigenvalue weighted by atomic mass is 9.93. The van der Waals surface area contributed by atoms with Crippen LogP contribution in [-0.2, 0) is 4.74 Å². The molecule has 1 fully saturated rings. The number of hydrogen-bond donors (Lipinski definition) is 1. The van der Waals surface area contributed by atoms with E-state index < -0.39 is 0 Å². The van der Waals surface area contributed by atoms with E-state index in [2.05, 4.69) is 0 Å². The fourth-order valence-corrected chi connectivity index (χ4v) is 2.40. The number of carbonyl (C=O) groups is 1. The van der Waals surface area contributed by atoms with Gasteiger partial charge < -0.3 is 15.2 Å². The molecule has 0 saturated heterocycles. The second kappa shape index (κ2) is 6.06. The molecule has 19 heavy (non-hydrogen) atoms. The van der Waals surface area contributed by atoms with Crippen molar-refractivity contribution < 1.29 is 14.3 Å². The van der Waals surface area contributed by atoms with Crippen LogP contribution in [0, 0.1) is 6.92 Å². The Bertz CT molecular complexity index is 451. The number of esters is 1. The zero-order chi connectivity index (χ0) is 13.8. The van der Waals surface area contributed by atoms with E-state index >= 15 is 0 Å². The molecule has 2 N–H and O–H groups in total. The van der Waals surface area contributed by atoms with E-state index in [0.717, 1.165) is 37.0 Å². The van der Waals surface area contributed by atoms with Crippen LogP contribution in [0.15, 0.2) is 18.2 Å². The first kappa shape index (κ1) is 13.9. The SMILES string of the molecule is COC(=O)c1cc(OC2CCC(N)CC2)ccc1C. The van der Waals surface area contributed by atoms with E-state index in [4.69, 9.17) is 15.2 Å². The Morgan fingerprint density at radius 1 is 1.26 bits per heavy atom. The average molecular weight is 263 g/mol. The Balaban J connectivity index is 2.06. The fraction of sp³-hybridized carbons (Fsp3) is 0.533. The summed E-state index contributed by atoms with van der Waals surface area (Å²) in [4.78, 5) is 11.6. The maximum Gasteiger partial charge on any atom is 0.338 e. The second-order valence-electron chi connectivity index (χ2n) is 5.12. The van der Waals surface area contributed by atoms with Gasteiger partial charge in [-0.25, -0.2) is 4.79 Å². The summed E-state index contributed by atoms with van der Waals surface area (Å²) in [5.74, 6) is 0.403. The molecule has 1 aromatic rings. The van der Waals surface area contributed by atoms with Gasteiger partial charge in [0.25, 0.3) is 0 Å². The van der Waals surface area contributed by atoms with Gasteiger partial charge in [-0.1, -0.05) is 6.07 Å². The number of nitrogens with two attached hydrogens (primary N) is 1. The third kappa shape index (κ3) is 3.47. The number of benzene rings is 1. The van der Waals surface area contributed by atoms with E-state index in [-0.39, 0.29) is 12.1 Å². The molecule has 2 rings (SSSR count). The largest absolute Gasteiger partial charge is 0.490 e. The Hall–Kier alpha value is -1.55. The fourth-order valence-electron chi connectivity index (χ4n) is 2.40. The van der Waals surface area contributed by atoms with Crippen molar-refractivity contribution in [3.63, 3.8) is 0 Å². The predicted molar refractivity (Wildman–Crippen MR) is 73.4 cm³/mol. The summed E-state index contributed by atoms with van der Waals surface area (Å²) in [5.41, 5.74) is 7.33. The summed E-state index contributed by atoms with van der Waals surface area (Å²) in [6, 6.07) is 5.85. The zero-order valence-corrected chi connectivity index (χ0v) is 11.5. The molecular weight excluding hydrogens is 242 g/mol. The summed E-state index contributed by atoms with van der Waals surface area (Å²) < 4.78 is 10.7. The van der Waals surface area contributed by atoms with E-state index in [1.54, 1.807) is 6.07 Å². The van der Waals surface area contributed by atoms with Crippen LogP contribution in [0.4, 0.5) is 0 Å². The summed E-state index contributed by atoms with van der Waals surface area (Å²) in [7, 11) is 1.39. The van der Waals surface area contributed by atoms with Gasteiger partial charge in [-0.2, -0.15) is 0 Å². The number of rotatable bonds is 3. The predicted octanol–water partition coefficient (Wildman–Crippen LogP) is 2.43. The van der Waals surface area contributed by atoms with Gasteiger partial charge in [-0.15, -0.1) is 0 Å². The third-order valence-corrected chi connectivity index (χ3v) is 3.64. The van der Waals surface area contributed by atoms with Gasteiger partial charge in [0, 0.05) is 6.04 Å². The number of hydrogen-bond acceptors (Lipinski definition) is 4. The van der Waals surface area contributed by atoms with Gasteiger partial charge >= 0.3 is 5.97 Å². The highest BCUT2D eigenvalue weighted by Gasteiger charge is 2.20. The lowest BCUT2D eigenvalue weighted by molar-refractivity contribution is 0.0598. The van der Waals surface area contributed by atoms with Crippen LogP contribution in [0.5, 0.6) is 5.75 Å². The molecule has 0 atom stereocenters. The molecule has 0 spiro atoms. The minimum atomic E-state index is -0.325. The first-order chi connectivity index (χ1) is 9.10. The number of aryl methyl sites for hydroxylation is 1. The van der Waals surface area contributed by atoms with E-state index in [0.29, 0.717) is 11.6 Å². The Kier molecular flexibility index (Phi) is 4.43. The first-order valence-electron chi connectivity index (χ1n) is 6.71. The van der Waals surface area contributed by atoms with Crippen LogP contribution in [0.25, 0.3) is 0 Å². The maximum absolute atomic E-state index is 11.6. The van der Waals surface area contributed by atoms with Crippen molar-refractivity contribution in [3.8, 4) is 5.75 Å². The molecule has 104 valence electrons. The van der Waals surface area contributed by atoms with Crippen molar-refractivity contribution in [2.24, 2.45) is 5.73 Å². The average Bonchev–Trinajstić information content (AvgIpc) is 2.42. The van der Waals surface area contributed by atoms with Gasteiger partial charge in [-0.3, -0.25) is 0 Å². The molecule has 0 radical (unpaired) electrons. The molecule has 1 aliphatic carbocycles. The van der Waals surface area contributed by atoms with Crippen molar-refractivity contribution in [2.45, 2.75) is 44.8 Å². The van der Waals surface area contributed by atoms with Gasteiger partial charge in [-0.05, 0) is 50.3 Å². The summed E-state index contributed by atoms with van der Waals surface area (Å²) in [5, 5.41) is 0. The highest BCUT2D eigenvalue weighted by atomic mass is 16.5. The van der Waals surface area contributed by atoms with Crippen LogP contribution < -0.4 is 10.5 Å². The van der Waals surface area contributed by atoms with E-state index in [9.17, 15) is 4.79 Å². The topological polar surface area (TPSA) is 61.5 Å². The number of ether oxygens (including phenoxy) is 2. The normalized spacial score (nSPS) is 22.9. The lowest BCUT2D eigenvalue weighted by Crippen LogP contribution is -2.31. The Labute approximate surface area is 113 Å². The molecule has 1 aliphatic rings. The Morgan fingerprint density at radius 3 is 2.58 bits per heavy atom. The molecule has 0 aromatic heterocycles. The molecule has 0 amide bonds. The van der Waals surface area contributed by atoms with Gasteiger partial charge in [0.2, 0.25) is 0 Å². The number of methoxy groups -OCH3 is 1. The van der Waals surface area contributed by atoms with Crippen LogP contribution >= 0.6 is 0 Å². The first-order valence-corrected chi connectivity index (χ1v) is 6.71. The van der Waals surface area contributed by atoms with Gasteiger partial charge in [0.15, 0.2) is 0 Å². The summed E-state index contributed by atoms with van der Waals surface area (Å²) in [6.45, 7) is 1.88. The van der Waals surface area contributed by atoms with E-state index in [1.807, 2.05) is 19.1 Å². The van der Waals surface area contributed by atoms with Crippen molar-refractivity contribution in [3.05, 3.63) is 29.3 Å². The monoisotopic (exact) mass is 263 g/mol. The maximum atomic E-state index is 11.6. The van der Waals surface area contributed by atoms with Crippen molar-refractivity contribution >= 4 is 5.97 Å². The second-order valence-corrected chi connectivity index (χ2v) is 5.12. The molecule has 4 heteroatoms.